The zero-order valence-corrected chi connectivity index (χ0v) is 7.63. The predicted molar refractivity (Wildman–Crippen MR) is 49.4 cm³/mol. The normalized spacial score (nSPS) is 19.1. The van der Waals surface area contributed by atoms with Crippen molar-refractivity contribution in [1.29, 1.82) is 5.41 Å². The van der Waals surface area contributed by atoms with E-state index in [4.69, 9.17) is 10.1 Å². The Bertz CT molecular complexity index is 183. The number of nitrogens with one attached hydrogen (secondary N) is 2. The van der Waals surface area contributed by atoms with E-state index in [-0.39, 0.29) is 0 Å². The average Bonchev–Trinajstić information content (AvgIpc) is 1.93. The molecule has 0 unspecified atom stereocenters. The molecule has 1 aliphatic rings. The van der Waals surface area contributed by atoms with Gasteiger partial charge in [-0.2, -0.15) is 0 Å². The summed E-state index contributed by atoms with van der Waals surface area (Å²) in [5.41, 5.74) is 1.03. The third kappa shape index (κ3) is 2.34. The lowest BCUT2D eigenvalue weighted by atomic mass is 10.1. The molecule has 3 heteroatoms. The second kappa shape index (κ2) is 4.26. The van der Waals surface area contributed by atoms with Crippen molar-refractivity contribution in [3.8, 4) is 0 Å². The minimum Gasteiger partial charge on any atom is -0.383 e. The summed E-state index contributed by atoms with van der Waals surface area (Å²) in [6.07, 6.45) is 3.32. The molecule has 3 nitrogen and oxygen atoms in total. The first-order chi connectivity index (χ1) is 5.74. The van der Waals surface area contributed by atoms with Gasteiger partial charge in [-0.15, -0.1) is 0 Å². The van der Waals surface area contributed by atoms with E-state index < -0.39 is 0 Å². The molecular weight excluding hydrogens is 152 g/mol. The Hall–Kier alpha value is -0.830. The van der Waals surface area contributed by atoms with Gasteiger partial charge < -0.3 is 15.5 Å². The van der Waals surface area contributed by atoms with Gasteiger partial charge in [0.1, 0.15) is 0 Å². The van der Waals surface area contributed by atoms with Crippen molar-refractivity contribution < 1.29 is 4.74 Å². The molecule has 0 aromatic heterocycles. The first-order valence-corrected chi connectivity index (χ1v) is 4.28. The molecule has 0 atom stereocenters. The van der Waals surface area contributed by atoms with E-state index in [1.807, 2.05) is 6.20 Å². The molecule has 0 radical (unpaired) electrons. The molecule has 0 aromatic carbocycles. The lowest BCUT2D eigenvalue weighted by Gasteiger charge is -2.26. The first kappa shape index (κ1) is 9.26. The summed E-state index contributed by atoms with van der Waals surface area (Å²) in [7, 11) is 0. The summed E-state index contributed by atoms with van der Waals surface area (Å²) in [5, 5.41) is 10.4. The van der Waals surface area contributed by atoms with Crippen LogP contribution in [0.1, 0.15) is 13.8 Å². The van der Waals surface area contributed by atoms with Crippen LogP contribution in [-0.4, -0.2) is 25.5 Å². The van der Waals surface area contributed by atoms with Crippen LogP contribution in [0, 0.1) is 11.3 Å². The first-order valence-electron chi connectivity index (χ1n) is 4.28. The molecule has 0 aromatic rings. The van der Waals surface area contributed by atoms with Crippen molar-refractivity contribution in [3.63, 3.8) is 0 Å². The molecule has 68 valence electrons. The predicted octanol–water partition coefficient (Wildman–Crippen LogP) is 1.16. The third-order valence-corrected chi connectivity index (χ3v) is 1.96. The lowest BCUT2D eigenvalue weighted by molar-refractivity contribution is 0.000673. The topological polar surface area (TPSA) is 45.1 Å². The van der Waals surface area contributed by atoms with Crippen LogP contribution < -0.4 is 5.32 Å². The Morgan fingerprint density at radius 2 is 2.25 bits per heavy atom. The maximum Gasteiger partial charge on any atom is 0.0723 e. The summed E-state index contributed by atoms with van der Waals surface area (Å²) >= 11 is 0. The van der Waals surface area contributed by atoms with Crippen molar-refractivity contribution in [2.45, 2.75) is 19.9 Å². The smallest absolute Gasteiger partial charge is 0.0723 e. The van der Waals surface area contributed by atoms with Gasteiger partial charge in [-0.05, 0) is 11.5 Å². The lowest BCUT2D eigenvalue weighted by Crippen LogP contribution is -2.43. The van der Waals surface area contributed by atoms with E-state index in [0.717, 1.165) is 18.8 Å². The van der Waals surface area contributed by atoms with Gasteiger partial charge in [0.2, 0.25) is 0 Å². The summed E-state index contributed by atoms with van der Waals surface area (Å²) in [6, 6.07) is 0.457. The number of allylic oxidation sites excluding steroid dienone is 1. The monoisotopic (exact) mass is 168 g/mol. The SMILES string of the molecule is CC(C)/C(C=N)=C/NC1COC1. The number of ether oxygens (including phenoxy) is 1. The summed E-state index contributed by atoms with van der Waals surface area (Å²) in [5.74, 6) is 0.413. The highest BCUT2D eigenvalue weighted by molar-refractivity contribution is 5.75. The van der Waals surface area contributed by atoms with Crippen LogP contribution in [0.2, 0.25) is 0 Å². The number of hydrogen-bond acceptors (Lipinski definition) is 3. The quantitative estimate of drug-likeness (QED) is 0.619. The van der Waals surface area contributed by atoms with Crippen molar-refractivity contribution in [2.75, 3.05) is 13.2 Å². The fourth-order valence-corrected chi connectivity index (χ4v) is 0.921. The zero-order chi connectivity index (χ0) is 8.97. The van der Waals surface area contributed by atoms with Gasteiger partial charge in [-0.25, -0.2) is 0 Å². The maximum atomic E-state index is 7.15. The highest BCUT2D eigenvalue weighted by Crippen LogP contribution is 2.06. The standard InChI is InChI=1S/C9H16N2O/c1-7(2)8(3-10)4-11-9-5-12-6-9/h3-4,7,9-11H,5-6H2,1-2H3/b8-4+,10-3?. The second-order valence-corrected chi connectivity index (χ2v) is 3.34. The molecule has 0 saturated carbocycles. The Morgan fingerprint density at radius 1 is 1.58 bits per heavy atom. The maximum absolute atomic E-state index is 7.15. The van der Waals surface area contributed by atoms with Gasteiger partial charge >= 0.3 is 0 Å². The van der Waals surface area contributed by atoms with E-state index in [1.54, 1.807) is 0 Å². The van der Waals surface area contributed by atoms with Crippen LogP contribution in [0.15, 0.2) is 11.8 Å². The van der Waals surface area contributed by atoms with Crippen molar-refractivity contribution in [2.24, 2.45) is 5.92 Å². The largest absolute Gasteiger partial charge is 0.383 e. The minimum atomic E-state index is 0.413. The third-order valence-electron chi connectivity index (χ3n) is 1.96. The molecule has 1 fully saturated rings. The van der Waals surface area contributed by atoms with Crippen LogP contribution in [0.25, 0.3) is 0 Å². The van der Waals surface area contributed by atoms with E-state index in [1.165, 1.54) is 6.21 Å². The van der Waals surface area contributed by atoms with Crippen LogP contribution in [0.5, 0.6) is 0 Å². The van der Waals surface area contributed by atoms with E-state index in [0.29, 0.717) is 12.0 Å². The van der Waals surface area contributed by atoms with Gasteiger partial charge in [0.15, 0.2) is 0 Å². The van der Waals surface area contributed by atoms with Crippen molar-refractivity contribution in [3.05, 3.63) is 11.8 Å². The van der Waals surface area contributed by atoms with Gasteiger partial charge in [0.25, 0.3) is 0 Å². The number of rotatable bonds is 4. The molecule has 1 rings (SSSR count). The van der Waals surface area contributed by atoms with E-state index in [2.05, 4.69) is 19.2 Å². The molecule has 12 heavy (non-hydrogen) atoms. The van der Waals surface area contributed by atoms with Crippen molar-refractivity contribution >= 4 is 6.21 Å². The molecule has 1 saturated heterocycles. The molecule has 0 spiro atoms. The Morgan fingerprint density at radius 3 is 2.58 bits per heavy atom. The molecule has 1 aliphatic heterocycles. The summed E-state index contributed by atoms with van der Waals surface area (Å²) in [4.78, 5) is 0. The Balaban J connectivity index is 2.35. The average molecular weight is 168 g/mol. The highest BCUT2D eigenvalue weighted by Gasteiger charge is 2.16. The van der Waals surface area contributed by atoms with Crippen LogP contribution in [-0.2, 0) is 4.74 Å². The summed E-state index contributed by atoms with van der Waals surface area (Å²) < 4.78 is 5.01. The Labute approximate surface area is 73.3 Å². The summed E-state index contributed by atoms with van der Waals surface area (Å²) in [6.45, 7) is 5.74. The second-order valence-electron chi connectivity index (χ2n) is 3.34. The molecule has 1 heterocycles. The molecular formula is C9H16N2O. The van der Waals surface area contributed by atoms with E-state index in [9.17, 15) is 0 Å². The molecule has 2 N–H and O–H groups in total. The van der Waals surface area contributed by atoms with Crippen molar-refractivity contribution in [1.82, 2.24) is 5.32 Å². The van der Waals surface area contributed by atoms with Gasteiger partial charge in [-0.3, -0.25) is 0 Å². The highest BCUT2D eigenvalue weighted by atomic mass is 16.5. The minimum absolute atomic E-state index is 0.413. The van der Waals surface area contributed by atoms with E-state index >= 15 is 0 Å². The van der Waals surface area contributed by atoms with Crippen LogP contribution >= 0.6 is 0 Å². The zero-order valence-electron chi connectivity index (χ0n) is 7.63. The number of hydrogen-bond donors (Lipinski definition) is 2. The van der Waals surface area contributed by atoms with Crippen LogP contribution in [0.4, 0.5) is 0 Å². The van der Waals surface area contributed by atoms with Gasteiger partial charge in [0.05, 0.1) is 19.3 Å². The fourth-order valence-electron chi connectivity index (χ4n) is 0.921. The van der Waals surface area contributed by atoms with Gasteiger partial charge in [0, 0.05) is 12.4 Å². The molecule has 0 aliphatic carbocycles. The van der Waals surface area contributed by atoms with Crippen LogP contribution in [0.3, 0.4) is 0 Å². The molecule has 0 bridgehead atoms. The Kier molecular flexibility index (Phi) is 3.29. The fraction of sp³-hybridized carbons (Fsp3) is 0.667. The molecule has 0 amide bonds. The van der Waals surface area contributed by atoms with Gasteiger partial charge in [-0.1, -0.05) is 13.8 Å².